The van der Waals surface area contributed by atoms with Crippen LogP contribution in [0.5, 0.6) is 0 Å². The van der Waals surface area contributed by atoms with Crippen molar-refractivity contribution in [2.24, 2.45) is 0 Å². The molecule has 0 saturated carbocycles. The summed E-state index contributed by atoms with van der Waals surface area (Å²) in [5, 5.41) is 17.1. The molecule has 0 radical (unpaired) electrons. The maximum atomic E-state index is 12.8. The van der Waals surface area contributed by atoms with Crippen LogP contribution in [0, 0.1) is 0 Å². The summed E-state index contributed by atoms with van der Waals surface area (Å²) < 4.78 is 7.91. The van der Waals surface area contributed by atoms with Gasteiger partial charge in [-0.2, -0.15) is 5.10 Å². The van der Waals surface area contributed by atoms with Gasteiger partial charge in [-0.05, 0) is 12.1 Å². The summed E-state index contributed by atoms with van der Waals surface area (Å²) in [6.07, 6.45) is 0. The lowest BCUT2D eigenvalue weighted by Crippen LogP contribution is -2.36. The van der Waals surface area contributed by atoms with Crippen molar-refractivity contribution in [1.82, 2.24) is 20.0 Å². The van der Waals surface area contributed by atoms with E-state index in [2.05, 4.69) is 20.4 Å². The number of para-hydroxylation sites is 1. The number of nitrogens with zero attached hydrogens (tertiary/aromatic N) is 5. The molecule has 3 heterocycles. The summed E-state index contributed by atoms with van der Waals surface area (Å²) in [7, 11) is 0. The molecule has 5 rings (SSSR count). The Balaban J connectivity index is 1.28. The quantitative estimate of drug-likeness (QED) is 0.403. The Labute approximate surface area is 199 Å². The minimum atomic E-state index is -0.125. The van der Waals surface area contributed by atoms with Crippen LogP contribution in [0.15, 0.2) is 71.1 Å². The number of carbonyl (C=O) groups is 1. The monoisotopic (exact) mass is 478 g/mol. The number of benzene rings is 2. The van der Waals surface area contributed by atoms with Gasteiger partial charge in [-0.25, -0.2) is 4.68 Å². The fourth-order valence-corrected chi connectivity index (χ4v) is 5.13. The van der Waals surface area contributed by atoms with Gasteiger partial charge < -0.3 is 15.0 Å². The van der Waals surface area contributed by atoms with E-state index >= 15 is 0 Å². The number of carbonyl (C=O) groups excluding carboxylic acids is 1. The molecule has 1 saturated heterocycles. The average molecular weight is 479 g/mol. The van der Waals surface area contributed by atoms with E-state index in [4.69, 9.17) is 9.84 Å². The van der Waals surface area contributed by atoms with E-state index in [1.54, 1.807) is 4.68 Å². The van der Waals surface area contributed by atoms with Gasteiger partial charge in [0, 0.05) is 24.7 Å². The van der Waals surface area contributed by atoms with Crippen LogP contribution in [0.3, 0.4) is 0 Å². The molecular weight excluding hydrogens is 456 g/mol. The summed E-state index contributed by atoms with van der Waals surface area (Å²) in [6.45, 7) is 3.02. The van der Waals surface area contributed by atoms with Crippen molar-refractivity contribution in [3.8, 4) is 16.9 Å². The van der Waals surface area contributed by atoms with Gasteiger partial charge in [-0.3, -0.25) is 4.79 Å². The van der Waals surface area contributed by atoms with Crippen LogP contribution in [-0.2, 0) is 9.53 Å². The van der Waals surface area contributed by atoms with Crippen molar-refractivity contribution in [3.05, 3.63) is 66.7 Å². The molecule has 0 aliphatic carbocycles. The second kappa shape index (κ2) is 10.2. The first-order valence-corrected chi connectivity index (χ1v) is 12.4. The third-order valence-corrected chi connectivity index (χ3v) is 7.17. The fourth-order valence-electron chi connectivity index (χ4n) is 3.44. The van der Waals surface area contributed by atoms with Crippen molar-refractivity contribution in [2.45, 2.75) is 4.34 Å². The minimum absolute atomic E-state index is 0.125. The SMILES string of the molecule is O=C(CSc1nnc(N2CCOCC2)s1)Nc1cc(-c2ccccc2)nn1-c1ccccc1. The first-order valence-electron chi connectivity index (χ1n) is 10.6. The zero-order valence-electron chi connectivity index (χ0n) is 17.8. The number of aromatic nitrogens is 4. The number of rotatable bonds is 7. The van der Waals surface area contributed by atoms with Gasteiger partial charge in [0.05, 0.1) is 30.3 Å². The maximum absolute atomic E-state index is 12.8. The Kier molecular flexibility index (Phi) is 6.66. The molecule has 168 valence electrons. The third kappa shape index (κ3) is 5.24. The Bertz CT molecular complexity index is 1210. The molecule has 1 aliphatic heterocycles. The summed E-state index contributed by atoms with van der Waals surface area (Å²) in [5.41, 5.74) is 2.66. The highest BCUT2D eigenvalue weighted by atomic mass is 32.2. The van der Waals surface area contributed by atoms with Gasteiger partial charge in [0.1, 0.15) is 5.82 Å². The van der Waals surface area contributed by atoms with Crippen molar-refractivity contribution >= 4 is 40.0 Å². The molecule has 0 unspecified atom stereocenters. The number of hydrogen-bond acceptors (Lipinski definition) is 8. The largest absolute Gasteiger partial charge is 0.378 e. The molecule has 2 aromatic heterocycles. The molecule has 4 aromatic rings. The first-order chi connectivity index (χ1) is 16.3. The Hall–Kier alpha value is -3.21. The molecule has 1 N–H and O–H groups in total. The van der Waals surface area contributed by atoms with Crippen LogP contribution < -0.4 is 10.2 Å². The van der Waals surface area contributed by atoms with E-state index in [1.165, 1.54) is 23.1 Å². The molecular formula is C23H22N6O2S2. The molecule has 33 heavy (non-hydrogen) atoms. The molecule has 0 atom stereocenters. The fraction of sp³-hybridized carbons (Fsp3) is 0.217. The van der Waals surface area contributed by atoms with Crippen LogP contribution in [0.1, 0.15) is 0 Å². The zero-order valence-corrected chi connectivity index (χ0v) is 19.4. The average Bonchev–Trinajstić information content (AvgIpc) is 3.52. The van der Waals surface area contributed by atoms with Crippen LogP contribution in [0.2, 0.25) is 0 Å². The Morgan fingerprint density at radius 2 is 1.76 bits per heavy atom. The van der Waals surface area contributed by atoms with Crippen LogP contribution in [0.25, 0.3) is 16.9 Å². The van der Waals surface area contributed by atoms with E-state index in [-0.39, 0.29) is 11.7 Å². The maximum Gasteiger partial charge on any atom is 0.235 e. The predicted molar refractivity (Wildman–Crippen MR) is 131 cm³/mol. The summed E-state index contributed by atoms with van der Waals surface area (Å²) in [6, 6.07) is 21.6. The molecule has 1 fully saturated rings. The van der Waals surface area contributed by atoms with Crippen LogP contribution >= 0.6 is 23.1 Å². The van der Waals surface area contributed by atoms with Gasteiger partial charge in [0.25, 0.3) is 0 Å². The summed E-state index contributed by atoms with van der Waals surface area (Å²) in [4.78, 5) is 14.9. The topological polar surface area (TPSA) is 85.2 Å². The van der Waals surface area contributed by atoms with Gasteiger partial charge in [0.2, 0.25) is 11.0 Å². The smallest absolute Gasteiger partial charge is 0.235 e. The normalized spacial score (nSPS) is 13.8. The van der Waals surface area contributed by atoms with Crippen molar-refractivity contribution in [3.63, 3.8) is 0 Å². The molecule has 1 aliphatic rings. The number of ether oxygens (including phenoxy) is 1. The van der Waals surface area contributed by atoms with Gasteiger partial charge in [-0.1, -0.05) is 71.6 Å². The lowest BCUT2D eigenvalue weighted by molar-refractivity contribution is -0.113. The summed E-state index contributed by atoms with van der Waals surface area (Å²) >= 11 is 2.89. The van der Waals surface area contributed by atoms with Gasteiger partial charge in [-0.15, -0.1) is 10.2 Å². The zero-order chi connectivity index (χ0) is 22.5. The van der Waals surface area contributed by atoms with E-state index < -0.39 is 0 Å². The molecule has 10 heteroatoms. The Morgan fingerprint density at radius 3 is 2.52 bits per heavy atom. The lowest BCUT2D eigenvalue weighted by atomic mass is 10.2. The van der Waals surface area contributed by atoms with Crippen molar-refractivity contribution < 1.29 is 9.53 Å². The summed E-state index contributed by atoms with van der Waals surface area (Å²) in [5.74, 6) is 0.731. The molecule has 0 spiro atoms. The number of hydrogen-bond donors (Lipinski definition) is 1. The van der Waals surface area contributed by atoms with E-state index in [9.17, 15) is 4.79 Å². The number of morpholine rings is 1. The second-order valence-corrected chi connectivity index (χ2v) is 9.49. The highest BCUT2D eigenvalue weighted by Crippen LogP contribution is 2.29. The van der Waals surface area contributed by atoms with E-state index in [1.807, 2.05) is 66.7 Å². The molecule has 0 bridgehead atoms. The van der Waals surface area contributed by atoms with Crippen molar-refractivity contribution in [1.29, 1.82) is 0 Å². The van der Waals surface area contributed by atoms with Gasteiger partial charge in [0.15, 0.2) is 4.34 Å². The predicted octanol–water partition coefficient (Wildman–Crippen LogP) is 3.96. The standard InChI is InChI=1S/C23H22N6O2S2/c30-21(16-32-23-26-25-22(33-23)28-11-13-31-14-12-28)24-20-15-19(17-7-3-1-4-8-17)27-29(20)18-9-5-2-6-10-18/h1-10,15H,11-14,16H2,(H,24,30). The molecule has 8 nitrogen and oxygen atoms in total. The minimum Gasteiger partial charge on any atom is -0.378 e. The molecule has 2 aromatic carbocycles. The molecule has 1 amide bonds. The highest BCUT2D eigenvalue weighted by Gasteiger charge is 2.18. The lowest BCUT2D eigenvalue weighted by Gasteiger charge is -2.25. The van der Waals surface area contributed by atoms with Crippen LogP contribution in [0.4, 0.5) is 10.9 Å². The second-order valence-electron chi connectivity index (χ2n) is 7.32. The van der Waals surface area contributed by atoms with Crippen LogP contribution in [-0.4, -0.2) is 57.9 Å². The first kappa shape index (κ1) is 21.6. The number of amides is 1. The number of thioether (sulfide) groups is 1. The Morgan fingerprint density at radius 1 is 1.03 bits per heavy atom. The van der Waals surface area contributed by atoms with Gasteiger partial charge >= 0.3 is 0 Å². The number of nitrogens with one attached hydrogen (secondary N) is 1. The van der Waals surface area contributed by atoms with E-state index in [0.717, 1.165) is 39.5 Å². The van der Waals surface area contributed by atoms with E-state index in [0.29, 0.717) is 19.0 Å². The third-order valence-electron chi connectivity index (χ3n) is 5.05. The number of anilines is 2. The highest BCUT2D eigenvalue weighted by molar-refractivity contribution is 8.01. The van der Waals surface area contributed by atoms with Crippen molar-refractivity contribution in [2.75, 3.05) is 42.3 Å².